The number of fused-ring (bicyclic) bond motifs is 4. The molecule has 4 aliphatic rings. The number of hydrogen-bond donors (Lipinski definition) is 0. The average Bonchev–Trinajstić information content (AvgIpc) is 2.83. The summed E-state index contributed by atoms with van der Waals surface area (Å²) in [7, 11) is 0. The van der Waals surface area contributed by atoms with Crippen LogP contribution in [0.4, 0.5) is 0 Å². The third-order valence-electron chi connectivity index (χ3n) is 7.82. The van der Waals surface area contributed by atoms with Crippen molar-refractivity contribution >= 4 is 0 Å². The molecule has 0 aliphatic heterocycles. The van der Waals surface area contributed by atoms with Crippen LogP contribution in [0.2, 0.25) is 0 Å². The van der Waals surface area contributed by atoms with E-state index < -0.39 is 0 Å². The molecule has 0 bridgehead atoms. The van der Waals surface area contributed by atoms with E-state index in [1.165, 1.54) is 57.8 Å². The zero-order valence-corrected chi connectivity index (χ0v) is 14.3. The van der Waals surface area contributed by atoms with Crippen molar-refractivity contribution < 1.29 is 0 Å². The van der Waals surface area contributed by atoms with Crippen LogP contribution < -0.4 is 0 Å². The molecular weight excluding hydrogens is 252 g/mol. The van der Waals surface area contributed by atoms with Crippen LogP contribution in [-0.4, -0.2) is 0 Å². The number of allylic oxidation sites excluding steroid dienone is 4. The minimum atomic E-state index is 0.565. The summed E-state index contributed by atoms with van der Waals surface area (Å²) in [5, 5.41) is 0. The van der Waals surface area contributed by atoms with E-state index >= 15 is 0 Å². The SMILES string of the molecule is C/C=C1/CCC2C3CCC4=C(CCC(C)C4)C3CCC12C. The monoisotopic (exact) mass is 284 g/mol. The fraction of sp³-hybridized carbons (Fsp3) is 0.810. The van der Waals surface area contributed by atoms with Crippen molar-refractivity contribution in [3.8, 4) is 0 Å². The van der Waals surface area contributed by atoms with Gasteiger partial charge in [0, 0.05) is 0 Å². The quantitative estimate of drug-likeness (QED) is 0.459. The Bertz CT molecular complexity index is 494. The largest absolute Gasteiger partial charge is 0.0879 e. The lowest BCUT2D eigenvalue weighted by Gasteiger charge is -2.51. The van der Waals surface area contributed by atoms with Crippen molar-refractivity contribution in [3.05, 3.63) is 22.8 Å². The topological polar surface area (TPSA) is 0 Å². The van der Waals surface area contributed by atoms with Crippen molar-refractivity contribution in [1.29, 1.82) is 0 Å². The molecule has 2 saturated carbocycles. The van der Waals surface area contributed by atoms with Gasteiger partial charge in [-0.1, -0.05) is 36.6 Å². The maximum absolute atomic E-state index is 2.60. The molecule has 0 aromatic rings. The number of hydrogen-bond acceptors (Lipinski definition) is 0. The van der Waals surface area contributed by atoms with E-state index in [9.17, 15) is 0 Å². The lowest BCUT2D eigenvalue weighted by Crippen LogP contribution is -2.42. The normalized spacial score (nSPS) is 48.0. The van der Waals surface area contributed by atoms with Crippen LogP contribution in [0.25, 0.3) is 0 Å². The highest BCUT2D eigenvalue weighted by Gasteiger charge is 2.52. The highest BCUT2D eigenvalue weighted by atomic mass is 14.6. The van der Waals surface area contributed by atoms with Crippen LogP contribution in [0.15, 0.2) is 22.8 Å². The Morgan fingerprint density at radius 2 is 1.90 bits per heavy atom. The van der Waals surface area contributed by atoms with Gasteiger partial charge in [-0.05, 0) is 93.8 Å². The van der Waals surface area contributed by atoms with Crippen molar-refractivity contribution in [2.75, 3.05) is 0 Å². The van der Waals surface area contributed by atoms with Crippen molar-refractivity contribution in [1.82, 2.24) is 0 Å². The second-order valence-electron chi connectivity index (χ2n) is 8.70. The third-order valence-corrected chi connectivity index (χ3v) is 7.82. The molecule has 0 aromatic carbocycles. The first kappa shape index (κ1) is 14.1. The van der Waals surface area contributed by atoms with Crippen LogP contribution in [0.1, 0.15) is 78.6 Å². The predicted octanol–water partition coefficient (Wildman–Crippen LogP) is 6.29. The minimum absolute atomic E-state index is 0.565. The van der Waals surface area contributed by atoms with Gasteiger partial charge in [-0.15, -0.1) is 0 Å². The fourth-order valence-corrected chi connectivity index (χ4v) is 6.73. The van der Waals surface area contributed by atoms with Gasteiger partial charge in [0.05, 0.1) is 0 Å². The second kappa shape index (κ2) is 5.00. The summed E-state index contributed by atoms with van der Waals surface area (Å²) in [6.45, 7) is 7.34. The molecule has 5 atom stereocenters. The van der Waals surface area contributed by atoms with Crippen LogP contribution in [0.5, 0.6) is 0 Å². The maximum atomic E-state index is 2.60. The van der Waals surface area contributed by atoms with E-state index in [-0.39, 0.29) is 0 Å². The van der Waals surface area contributed by atoms with Gasteiger partial charge in [0.15, 0.2) is 0 Å². The van der Waals surface area contributed by atoms with E-state index in [0.29, 0.717) is 5.41 Å². The van der Waals surface area contributed by atoms with E-state index in [0.717, 1.165) is 23.7 Å². The fourth-order valence-electron chi connectivity index (χ4n) is 6.73. The van der Waals surface area contributed by atoms with Crippen LogP contribution in [0, 0.1) is 29.1 Å². The second-order valence-corrected chi connectivity index (χ2v) is 8.70. The Labute approximate surface area is 131 Å². The van der Waals surface area contributed by atoms with Gasteiger partial charge in [-0.25, -0.2) is 0 Å². The summed E-state index contributed by atoms with van der Waals surface area (Å²) in [5.74, 6) is 3.95. The van der Waals surface area contributed by atoms with Gasteiger partial charge >= 0.3 is 0 Å². The van der Waals surface area contributed by atoms with Crippen molar-refractivity contribution in [2.24, 2.45) is 29.1 Å². The molecule has 4 rings (SSSR count). The van der Waals surface area contributed by atoms with Crippen molar-refractivity contribution in [2.45, 2.75) is 78.6 Å². The molecule has 0 N–H and O–H groups in total. The molecule has 2 fully saturated rings. The Hall–Kier alpha value is -0.520. The molecule has 116 valence electrons. The summed E-state index contributed by atoms with van der Waals surface area (Å²) >= 11 is 0. The highest BCUT2D eigenvalue weighted by molar-refractivity contribution is 5.30. The summed E-state index contributed by atoms with van der Waals surface area (Å²) in [6, 6.07) is 0. The molecule has 0 nitrogen and oxygen atoms in total. The lowest BCUT2D eigenvalue weighted by molar-refractivity contribution is 0.0593. The Kier molecular flexibility index (Phi) is 3.36. The predicted molar refractivity (Wildman–Crippen MR) is 90.1 cm³/mol. The first-order chi connectivity index (χ1) is 10.1. The maximum Gasteiger partial charge on any atom is -0.00851 e. The van der Waals surface area contributed by atoms with Gasteiger partial charge in [0.25, 0.3) is 0 Å². The van der Waals surface area contributed by atoms with Crippen LogP contribution in [0.3, 0.4) is 0 Å². The summed E-state index contributed by atoms with van der Waals surface area (Å²) in [5.41, 5.74) is 6.22. The van der Waals surface area contributed by atoms with E-state index in [2.05, 4.69) is 26.8 Å². The van der Waals surface area contributed by atoms with E-state index in [1.54, 1.807) is 5.57 Å². The Balaban J connectivity index is 1.65. The lowest BCUT2D eigenvalue weighted by atomic mass is 9.53. The molecule has 0 radical (unpaired) electrons. The van der Waals surface area contributed by atoms with Crippen LogP contribution in [-0.2, 0) is 0 Å². The third kappa shape index (κ3) is 2.01. The molecule has 0 amide bonds. The standard InChI is InChI=1S/C21H32/c1-4-16-7-10-20-19-9-6-15-13-14(2)5-8-17(15)18(19)11-12-21(16,20)3/h4,14,18-20H,5-13H2,1-3H3/b16-4-. The first-order valence-corrected chi connectivity index (χ1v) is 9.50. The molecule has 21 heavy (non-hydrogen) atoms. The first-order valence-electron chi connectivity index (χ1n) is 9.50. The van der Waals surface area contributed by atoms with Gasteiger partial charge in [-0.3, -0.25) is 0 Å². The zero-order chi connectivity index (χ0) is 14.6. The molecule has 0 spiro atoms. The Morgan fingerprint density at radius 1 is 1.05 bits per heavy atom. The van der Waals surface area contributed by atoms with Gasteiger partial charge in [0.2, 0.25) is 0 Å². The van der Waals surface area contributed by atoms with Crippen LogP contribution >= 0.6 is 0 Å². The molecule has 4 aliphatic carbocycles. The smallest absolute Gasteiger partial charge is 0.00851 e. The van der Waals surface area contributed by atoms with Gasteiger partial charge < -0.3 is 0 Å². The van der Waals surface area contributed by atoms with E-state index in [1.807, 2.05) is 11.1 Å². The summed E-state index contributed by atoms with van der Waals surface area (Å²) in [6.07, 6.45) is 15.6. The Morgan fingerprint density at radius 3 is 2.71 bits per heavy atom. The molecule has 0 aromatic heterocycles. The molecule has 0 saturated heterocycles. The molecular formula is C21H32. The van der Waals surface area contributed by atoms with Gasteiger partial charge in [-0.2, -0.15) is 0 Å². The average molecular weight is 284 g/mol. The molecule has 5 unspecified atom stereocenters. The number of rotatable bonds is 0. The molecule has 0 heterocycles. The van der Waals surface area contributed by atoms with Gasteiger partial charge in [0.1, 0.15) is 0 Å². The minimum Gasteiger partial charge on any atom is -0.0879 e. The zero-order valence-electron chi connectivity index (χ0n) is 14.3. The molecule has 0 heteroatoms. The summed E-state index contributed by atoms with van der Waals surface area (Å²) < 4.78 is 0. The highest BCUT2D eigenvalue weighted by Crippen LogP contribution is 2.63. The van der Waals surface area contributed by atoms with E-state index in [4.69, 9.17) is 0 Å². The summed E-state index contributed by atoms with van der Waals surface area (Å²) in [4.78, 5) is 0. The van der Waals surface area contributed by atoms with Crippen molar-refractivity contribution in [3.63, 3.8) is 0 Å².